The van der Waals surface area contributed by atoms with Gasteiger partial charge in [0.2, 0.25) is 0 Å². The Hall–Kier alpha value is -1.29. The second-order valence-corrected chi connectivity index (χ2v) is 1.75. The molecule has 1 aromatic carbocycles. The van der Waals surface area contributed by atoms with E-state index in [0.717, 1.165) is 0 Å². The molecule has 1 rings (SSSR count). The summed E-state index contributed by atoms with van der Waals surface area (Å²) in [5.74, 6) is -1.34. The quantitative estimate of drug-likeness (QED) is 0.520. The molecule has 0 spiro atoms. The topological polar surface area (TPSA) is 52.5 Å². The van der Waals surface area contributed by atoms with Gasteiger partial charge < -0.3 is 5.11 Å². The highest BCUT2D eigenvalue weighted by molar-refractivity contribution is 5.47. The van der Waals surface area contributed by atoms with Gasteiger partial charge in [0, 0.05) is 0 Å². The van der Waals surface area contributed by atoms with Crippen LogP contribution >= 0.6 is 0 Å². The predicted octanol–water partition coefficient (Wildman–Crippen LogP) is 1.33. The monoisotopic (exact) mass is 143 g/mol. The number of halogens is 1. The summed E-state index contributed by atoms with van der Waals surface area (Å²) >= 11 is 0. The van der Waals surface area contributed by atoms with Gasteiger partial charge in [0.1, 0.15) is 0 Å². The van der Waals surface area contributed by atoms with E-state index in [1.807, 2.05) is 0 Å². The van der Waals surface area contributed by atoms with Gasteiger partial charge in [-0.05, 0) is 12.1 Å². The first-order valence-electron chi connectivity index (χ1n) is 2.63. The van der Waals surface area contributed by atoms with E-state index in [4.69, 9.17) is 10.3 Å². The Kier molecular flexibility index (Phi) is 1.73. The van der Waals surface area contributed by atoms with Crippen molar-refractivity contribution < 1.29 is 14.7 Å². The van der Waals surface area contributed by atoms with Crippen molar-refractivity contribution in [3.63, 3.8) is 0 Å². The van der Waals surface area contributed by atoms with E-state index in [-0.39, 0.29) is 5.69 Å². The van der Waals surface area contributed by atoms with Gasteiger partial charge >= 0.3 is 0 Å². The molecule has 0 bridgehead atoms. The van der Waals surface area contributed by atoms with Crippen molar-refractivity contribution >= 4 is 5.69 Å². The zero-order chi connectivity index (χ0) is 7.56. The number of aromatic hydroxyl groups is 1. The molecule has 0 aliphatic heterocycles. The number of benzene rings is 1. The Morgan fingerprint density at radius 3 is 2.60 bits per heavy atom. The van der Waals surface area contributed by atoms with Gasteiger partial charge in [-0.3, -0.25) is 10.7 Å². The molecule has 0 aliphatic carbocycles. The molecule has 0 aliphatic rings. The highest BCUT2D eigenvalue weighted by Crippen LogP contribution is 2.21. The van der Waals surface area contributed by atoms with Crippen molar-refractivity contribution in [1.82, 2.24) is 0 Å². The molecule has 3 nitrogen and oxygen atoms in total. The summed E-state index contributed by atoms with van der Waals surface area (Å²) < 4.78 is 12.5. The third kappa shape index (κ3) is 1.01. The Balaban J connectivity index is 3.14. The first-order chi connectivity index (χ1) is 4.75. The van der Waals surface area contributed by atoms with Crippen LogP contribution in [-0.2, 0) is 0 Å². The SMILES string of the molecule is ONc1cccc(O)c1F. The Morgan fingerprint density at radius 1 is 1.40 bits per heavy atom. The summed E-state index contributed by atoms with van der Waals surface area (Å²) in [6.07, 6.45) is 0. The maximum Gasteiger partial charge on any atom is 0.190 e. The number of phenolic OH excluding ortho intramolecular Hbond substituents is 1. The highest BCUT2D eigenvalue weighted by atomic mass is 19.1. The fraction of sp³-hybridized carbons (Fsp3) is 0. The van der Waals surface area contributed by atoms with E-state index < -0.39 is 11.6 Å². The lowest BCUT2D eigenvalue weighted by Crippen LogP contribution is -1.92. The van der Waals surface area contributed by atoms with Crippen molar-refractivity contribution in [3.05, 3.63) is 24.0 Å². The second kappa shape index (κ2) is 2.53. The zero-order valence-corrected chi connectivity index (χ0v) is 5.00. The summed E-state index contributed by atoms with van der Waals surface area (Å²) in [5, 5.41) is 16.9. The van der Waals surface area contributed by atoms with Crippen molar-refractivity contribution in [2.24, 2.45) is 0 Å². The van der Waals surface area contributed by atoms with Gasteiger partial charge in [0.05, 0.1) is 5.69 Å². The lowest BCUT2D eigenvalue weighted by Gasteiger charge is -2.00. The van der Waals surface area contributed by atoms with Crippen LogP contribution in [0.25, 0.3) is 0 Å². The van der Waals surface area contributed by atoms with Gasteiger partial charge in [-0.15, -0.1) is 0 Å². The lowest BCUT2D eigenvalue weighted by molar-refractivity contribution is 0.378. The smallest absolute Gasteiger partial charge is 0.190 e. The minimum absolute atomic E-state index is 0.139. The second-order valence-electron chi connectivity index (χ2n) is 1.75. The number of phenols is 1. The van der Waals surface area contributed by atoms with Crippen LogP contribution in [0.3, 0.4) is 0 Å². The standard InChI is InChI=1S/C6H6FNO2/c7-6-4(8-10)2-1-3-5(6)9/h1-3,8-10H. The lowest BCUT2D eigenvalue weighted by atomic mass is 10.3. The van der Waals surface area contributed by atoms with Crippen LogP contribution < -0.4 is 5.48 Å². The molecule has 0 amide bonds. The van der Waals surface area contributed by atoms with E-state index in [2.05, 4.69) is 0 Å². The van der Waals surface area contributed by atoms with Crippen LogP contribution in [0.15, 0.2) is 18.2 Å². The molecule has 0 saturated heterocycles. The Bertz CT molecular complexity index is 239. The fourth-order valence-corrected chi connectivity index (χ4v) is 0.606. The van der Waals surface area contributed by atoms with E-state index >= 15 is 0 Å². The van der Waals surface area contributed by atoms with Gasteiger partial charge in [-0.1, -0.05) is 6.07 Å². The minimum Gasteiger partial charge on any atom is -0.505 e. The molecule has 0 heterocycles. The van der Waals surface area contributed by atoms with Gasteiger partial charge in [-0.2, -0.15) is 0 Å². The van der Waals surface area contributed by atoms with Gasteiger partial charge in [0.15, 0.2) is 11.6 Å². The average molecular weight is 143 g/mol. The van der Waals surface area contributed by atoms with Crippen LogP contribution in [-0.4, -0.2) is 10.3 Å². The molecule has 0 unspecified atom stereocenters. The number of rotatable bonds is 1. The predicted molar refractivity (Wildman–Crippen MR) is 33.5 cm³/mol. The largest absolute Gasteiger partial charge is 0.505 e. The summed E-state index contributed by atoms with van der Waals surface area (Å²) in [6, 6.07) is 3.90. The minimum atomic E-state index is -0.856. The van der Waals surface area contributed by atoms with Gasteiger partial charge in [-0.25, -0.2) is 4.39 Å². The highest BCUT2D eigenvalue weighted by Gasteiger charge is 2.03. The normalized spacial score (nSPS) is 9.40. The van der Waals surface area contributed by atoms with Crippen LogP contribution in [0.4, 0.5) is 10.1 Å². The van der Waals surface area contributed by atoms with E-state index in [9.17, 15) is 4.39 Å². The fourth-order valence-electron chi connectivity index (χ4n) is 0.606. The van der Waals surface area contributed by atoms with Crippen LogP contribution in [0, 0.1) is 5.82 Å². The molecular weight excluding hydrogens is 137 g/mol. The van der Waals surface area contributed by atoms with E-state index in [1.54, 1.807) is 5.48 Å². The first kappa shape index (κ1) is 6.82. The van der Waals surface area contributed by atoms with Crippen LogP contribution in [0.1, 0.15) is 0 Å². The molecule has 0 radical (unpaired) electrons. The zero-order valence-electron chi connectivity index (χ0n) is 5.00. The summed E-state index contributed by atoms with van der Waals surface area (Å²) in [5.41, 5.74) is 1.46. The molecule has 0 aromatic heterocycles. The number of nitrogens with one attached hydrogen (secondary N) is 1. The molecular formula is C6H6FNO2. The van der Waals surface area contributed by atoms with E-state index in [0.29, 0.717) is 0 Å². The molecule has 0 saturated carbocycles. The molecule has 0 fully saturated rings. The number of hydrogen-bond donors (Lipinski definition) is 3. The first-order valence-corrected chi connectivity index (χ1v) is 2.63. The molecule has 10 heavy (non-hydrogen) atoms. The van der Waals surface area contributed by atoms with Crippen molar-refractivity contribution in [3.8, 4) is 5.75 Å². The van der Waals surface area contributed by atoms with Crippen molar-refractivity contribution in [1.29, 1.82) is 0 Å². The molecule has 1 aromatic rings. The van der Waals surface area contributed by atoms with E-state index in [1.165, 1.54) is 18.2 Å². The third-order valence-corrected chi connectivity index (χ3v) is 1.10. The van der Waals surface area contributed by atoms with Gasteiger partial charge in [0.25, 0.3) is 0 Å². The summed E-state index contributed by atoms with van der Waals surface area (Å²) in [7, 11) is 0. The molecule has 0 atom stereocenters. The average Bonchev–Trinajstić information content (AvgIpc) is 1.95. The Morgan fingerprint density at radius 2 is 2.10 bits per heavy atom. The molecule has 4 heteroatoms. The number of anilines is 1. The van der Waals surface area contributed by atoms with Crippen molar-refractivity contribution in [2.75, 3.05) is 5.48 Å². The summed E-state index contributed by atoms with van der Waals surface area (Å²) in [6.45, 7) is 0. The molecule has 3 N–H and O–H groups in total. The van der Waals surface area contributed by atoms with Crippen LogP contribution in [0.2, 0.25) is 0 Å². The van der Waals surface area contributed by atoms with Crippen molar-refractivity contribution in [2.45, 2.75) is 0 Å². The Labute approximate surface area is 56.7 Å². The molecule has 54 valence electrons. The summed E-state index contributed by atoms with van der Waals surface area (Å²) in [4.78, 5) is 0. The third-order valence-electron chi connectivity index (χ3n) is 1.10. The number of hydrogen-bond acceptors (Lipinski definition) is 3. The maximum absolute atomic E-state index is 12.5. The maximum atomic E-state index is 12.5. The van der Waals surface area contributed by atoms with Crippen LogP contribution in [0.5, 0.6) is 5.75 Å².